The molecule has 1 saturated heterocycles. The van der Waals surface area contributed by atoms with Gasteiger partial charge in [0.25, 0.3) is 0 Å². The van der Waals surface area contributed by atoms with E-state index in [9.17, 15) is 4.79 Å². The minimum Gasteiger partial charge on any atom is -0.343 e. The summed E-state index contributed by atoms with van der Waals surface area (Å²) in [5.41, 5.74) is 6.42. The van der Waals surface area contributed by atoms with Crippen molar-refractivity contribution in [2.45, 2.75) is 65.2 Å². The number of rotatable bonds is 5. The van der Waals surface area contributed by atoms with Gasteiger partial charge in [-0.05, 0) is 55.9 Å². The van der Waals surface area contributed by atoms with Crippen molar-refractivity contribution in [2.24, 2.45) is 23.0 Å². The van der Waals surface area contributed by atoms with Crippen LogP contribution in [0, 0.1) is 17.3 Å². The van der Waals surface area contributed by atoms with Crippen LogP contribution in [-0.2, 0) is 4.79 Å². The molecule has 0 aromatic rings. The summed E-state index contributed by atoms with van der Waals surface area (Å²) >= 11 is 0. The molecule has 20 heavy (non-hydrogen) atoms. The summed E-state index contributed by atoms with van der Waals surface area (Å²) in [6.07, 6.45) is 9.78. The molecule has 1 aliphatic heterocycles. The van der Waals surface area contributed by atoms with Crippen molar-refractivity contribution in [3.8, 4) is 0 Å². The molecule has 2 fully saturated rings. The molecule has 1 saturated carbocycles. The molecule has 3 nitrogen and oxygen atoms in total. The van der Waals surface area contributed by atoms with Gasteiger partial charge in [0.05, 0.1) is 0 Å². The fourth-order valence-electron chi connectivity index (χ4n) is 4.16. The molecule has 3 heteroatoms. The second-order valence-corrected chi connectivity index (χ2v) is 7.52. The Labute approximate surface area is 124 Å². The van der Waals surface area contributed by atoms with Gasteiger partial charge in [0.2, 0.25) is 5.91 Å². The Morgan fingerprint density at radius 1 is 1.15 bits per heavy atom. The van der Waals surface area contributed by atoms with E-state index in [0.717, 1.165) is 19.5 Å². The third-order valence-electron chi connectivity index (χ3n) is 5.44. The molecule has 2 N–H and O–H groups in total. The van der Waals surface area contributed by atoms with E-state index in [0.29, 0.717) is 36.1 Å². The number of hydrogen-bond acceptors (Lipinski definition) is 2. The van der Waals surface area contributed by atoms with Gasteiger partial charge in [0.1, 0.15) is 0 Å². The van der Waals surface area contributed by atoms with Gasteiger partial charge in [-0.1, -0.05) is 26.7 Å². The molecule has 1 amide bonds. The van der Waals surface area contributed by atoms with E-state index < -0.39 is 0 Å². The number of hydrogen-bond donors (Lipinski definition) is 1. The van der Waals surface area contributed by atoms with E-state index in [4.69, 9.17) is 5.73 Å². The van der Waals surface area contributed by atoms with Gasteiger partial charge >= 0.3 is 0 Å². The number of carbonyl (C=O) groups excluding carboxylic acids is 1. The number of likely N-dealkylation sites (tertiary alicyclic amines) is 1. The Bertz CT molecular complexity index is 311. The molecule has 0 radical (unpaired) electrons. The highest BCUT2D eigenvalue weighted by Crippen LogP contribution is 2.46. The SMILES string of the molecule is CC(C)C[C@H](CN)CC(=O)N1CCC2(CCCC2)CC1. The van der Waals surface area contributed by atoms with E-state index in [1.165, 1.54) is 38.5 Å². The first-order valence-electron chi connectivity index (χ1n) is 8.52. The molecule has 1 aliphatic carbocycles. The lowest BCUT2D eigenvalue weighted by Gasteiger charge is -2.39. The van der Waals surface area contributed by atoms with Gasteiger partial charge in [-0.15, -0.1) is 0 Å². The predicted molar refractivity (Wildman–Crippen MR) is 83.3 cm³/mol. The molecule has 2 aliphatic rings. The average Bonchev–Trinajstić information content (AvgIpc) is 2.86. The van der Waals surface area contributed by atoms with Crippen LogP contribution in [0.3, 0.4) is 0 Å². The first-order valence-corrected chi connectivity index (χ1v) is 8.52. The fourth-order valence-corrected chi connectivity index (χ4v) is 4.16. The van der Waals surface area contributed by atoms with E-state index in [2.05, 4.69) is 18.7 Å². The standard InChI is InChI=1S/C17H32N2O/c1-14(2)11-15(13-18)12-16(20)19-9-7-17(8-10-19)5-3-4-6-17/h14-15H,3-13,18H2,1-2H3/t15-/m0/s1. The zero-order chi connectivity index (χ0) is 14.6. The number of carbonyl (C=O) groups is 1. The van der Waals surface area contributed by atoms with Crippen molar-refractivity contribution in [1.29, 1.82) is 0 Å². The number of piperidine rings is 1. The van der Waals surface area contributed by atoms with Gasteiger partial charge < -0.3 is 10.6 Å². The Morgan fingerprint density at radius 2 is 1.75 bits per heavy atom. The lowest BCUT2D eigenvalue weighted by molar-refractivity contribution is -0.134. The second kappa shape index (κ2) is 6.93. The summed E-state index contributed by atoms with van der Waals surface area (Å²) in [5.74, 6) is 1.33. The van der Waals surface area contributed by atoms with Gasteiger partial charge in [-0.25, -0.2) is 0 Å². The molecule has 0 bridgehead atoms. The normalized spacial score (nSPS) is 23.5. The molecule has 0 aromatic heterocycles. The Kier molecular flexibility index (Phi) is 5.48. The number of nitrogens with zero attached hydrogens (tertiary/aromatic N) is 1. The van der Waals surface area contributed by atoms with Gasteiger partial charge in [-0.2, -0.15) is 0 Å². The topological polar surface area (TPSA) is 46.3 Å². The molecule has 116 valence electrons. The molecule has 1 spiro atoms. The van der Waals surface area contributed by atoms with Crippen LogP contribution < -0.4 is 5.73 Å². The Hall–Kier alpha value is -0.570. The van der Waals surface area contributed by atoms with Crippen LogP contribution in [0.15, 0.2) is 0 Å². The van der Waals surface area contributed by atoms with Crippen molar-refractivity contribution in [3.63, 3.8) is 0 Å². The molecule has 0 unspecified atom stereocenters. The van der Waals surface area contributed by atoms with Crippen molar-refractivity contribution in [2.75, 3.05) is 19.6 Å². The monoisotopic (exact) mass is 280 g/mol. The van der Waals surface area contributed by atoms with Crippen LogP contribution in [0.1, 0.15) is 65.2 Å². The van der Waals surface area contributed by atoms with Crippen molar-refractivity contribution >= 4 is 5.91 Å². The van der Waals surface area contributed by atoms with Crippen LogP contribution in [0.25, 0.3) is 0 Å². The quantitative estimate of drug-likeness (QED) is 0.840. The highest BCUT2D eigenvalue weighted by atomic mass is 16.2. The molecule has 1 atom stereocenters. The lowest BCUT2D eigenvalue weighted by Crippen LogP contribution is -2.43. The van der Waals surface area contributed by atoms with Crippen molar-refractivity contribution < 1.29 is 4.79 Å². The van der Waals surface area contributed by atoms with Crippen LogP contribution in [0.5, 0.6) is 0 Å². The third-order valence-corrected chi connectivity index (χ3v) is 5.44. The molecular formula is C17H32N2O. The summed E-state index contributed by atoms with van der Waals surface area (Å²) < 4.78 is 0. The van der Waals surface area contributed by atoms with E-state index in [-0.39, 0.29) is 0 Å². The number of nitrogens with two attached hydrogens (primary N) is 1. The fraction of sp³-hybridized carbons (Fsp3) is 0.941. The van der Waals surface area contributed by atoms with Gasteiger partial charge in [-0.3, -0.25) is 4.79 Å². The maximum Gasteiger partial charge on any atom is 0.222 e. The van der Waals surface area contributed by atoms with Crippen LogP contribution in [0.4, 0.5) is 0 Å². The molecule has 1 heterocycles. The summed E-state index contributed by atoms with van der Waals surface area (Å²) in [6, 6.07) is 0. The van der Waals surface area contributed by atoms with E-state index in [1.54, 1.807) is 0 Å². The first kappa shape index (κ1) is 15.8. The third kappa shape index (κ3) is 3.97. The largest absolute Gasteiger partial charge is 0.343 e. The molecule has 0 aromatic carbocycles. The smallest absolute Gasteiger partial charge is 0.222 e. The second-order valence-electron chi connectivity index (χ2n) is 7.52. The summed E-state index contributed by atoms with van der Waals surface area (Å²) in [5, 5.41) is 0. The highest BCUT2D eigenvalue weighted by molar-refractivity contribution is 5.76. The van der Waals surface area contributed by atoms with Gasteiger partial charge in [0, 0.05) is 19.5 Å². The minimum absolute atomic E-state index is 0.342. The summed E-state index contributed by atoms with van der Waals surface area (Å²) in [6.45, 7) is 7.02. The van der Waals surface area contributed by atoms with E-state index >= 15 is 0 Å². The predicted octanol–water partition coefficient (Wildman–Crippen LogP) is 3.18. The molecule has 2 rings (SSSR count). The summed E-state index contributed by atoms with van der Waals surface area (Å²) in [4.78, 5) is 14.5. The lowest BCUT2D eigenvalue weighted by atomic mass is 9.77. The van der Waals surface area contributed by atoms with Crippen molar-refractivity contribution in [1.82, 2.24) is 4.90 Å². The minimum atomic E-state index is 0.342. The van der Waals surface area contributed by atoms with E-state index in [1.807, 2.05) is 0 Å². The molecular weight excluding hydrogens is 248 g/mol. The van der Waals surface area contributed by atoms with Crippen molar-refractivity contribution in [3.05, 3.63) is 0 Å². The Morgan fingerprint density at radius 3 is 2.25 bits per heavy atom. The van der Waals surface area contributed by atoms with Crippen LogP contribution in [0.2, 0.25) is 0 Å². The number of amides is 1. The summed E-state index contributed by atoms with van der Waals surface area (Å²) in [7, 11) is 0. The average molecular weight is 280 g/mol. The van der Waals surface area contributed by atoms with Gasteiger partial charge in [0.15, 0.2) is 0 Å². The zero-order valence-electron chi connectivity index (χ0n) is 13.4. The van der Waals surface area contributed by atoms with Crippen LogP contribution >= 0.6 is 0 Å². The van der Waals surface area contributed by atoms with Crippen LogP contribution in [-0.4, -0.2) is 30.4 Å². The maximum absolute atomic E-state index is 12.4. The highest BCUT2D eigenvalue weighted by Gasteiger charge is 2.38. The maximum atomic E-state index is 12.4. The first-order chi connectivity index (χ1) is 9.54. The zero-order valence-corrected chi connectivity index (χ0v) is 13.4. The Balaban J connectivity index is 1.79.